The van der Waals surface area contributed by atoms with E-state index in [1.165, 1.54) is 7.11 Å². The van der Waals surface area contributed by atoms with Crippen LogP contribution in [-0.2, 0) is 9.47 Å². The van der Waals surface area contributed by atoms with Gasteiger partial charge in [-0.05, 0) is 27.2 Å². The topological polar surface area (TPSA) is 71.4 Å². The molecule has 0 fully saturated rings. The Morgan fingerprint density at radius 3 is 2.53 bits per heavy atom. The first-order chi connectivity index (χ1) is 7.74. The molecular formula is C11H22N2O3S. The van der Waals surface area contributed by atoms with Gasteiger partial charge in [-0.25, -0.2) is 4.79 Å². The number of methoxy groups -OCH3 is 1. The Bertz CT molecular complexity index is 264. The zero-order chi connectivity index (χ0) is 13.5. The molecule has 100 valence electrons. The molecule has 0 saturated carbocycles. The summed E-state index contributed by atoms with van der Waals surface area (Å²) in [5, 5.41) is 9.96. The number of nitrogens with one attached hydrogen (secondary N) is 2. The van der Waals surface area contributed by atoms with Gasteiger partial charge in [-0.3, -0.25) is 5.41 Å². The molecule has 0 aliphatic heterocycles. The van der Waals surface area contributed by atoms with Crippen molar-refractivity contribution in [1.29, 1.82) is 5.41 Å². The average Bonchev–Trinajstić information content (AvgIpc) is 2.14. The quantitative estimate of drug-likeness (QED) is 0.404. The highest BCUT2D eigenvalue weighted by molar-refractivity contribution is 7.81. The van der Waals surface area contributed by atoms with Gasteiger partial charge in [0.2, 0.25) is 0 Å². The van der Waals surface area contributed by atoms with Crippen molar-refractivity contribution in [2.24, 2.45) is 0 Å². The molecule has 0 aliphatic carbocycles. The van der Waals surface area contributed by atoms with Crippen LogP contribution in [0.5, 0.6) is 0 Å². The molecular weight excluding hydrogens is 240 g/mol. The SMILES string of the molecule is COC(=N)CC(S)CCNC(=O)OC(C)(C)C. The van der Waals surface area contributed by atoms with E-state index in [2.05, 4.69) is 17.9 Å². The van der Waals surface area contributed by atoms with Crippen LogP contribution in [0.3, 0.4) is 0 Å². The summed E-state index contributed by atoms with van der Waals surface area (Å²) in [5.74, 6) is 0.197. The summed E-state index contributed by atoms with van der Waals surface area (Å²) in [5.41, 5.74) is -0.484. The Morgan fingerprint density at radius 2 is 2.06 bits per heavy atom. The summed E-state index contributed by atoms with van der Waals surface area (Å²) in [4.78, 5) is 11.3. The van der Waals surface area contributed by atoms with E-state index in [0.717, 1.165) is 0 Å². The first-order valence-corrected chi connectivity index (χ1v) is 6.02. The second kappa shape index (κ2) is 7.42. The molecule has 0 aromatic rings. The van der Waals surface area contributed by atoms with Crippen molar-refractivity contribution in [3.63, 3.8) is 0 Å². The van der Waals surface area contributed by atoms with E-state index in [9.17, 15) is 4.79 Å². The number of hydrogen-bond acceptors (Lipinski definition) is 5. The molecule has 0 saturated heterocycles. The number of thiol groups is 1. The van der Waals surface area contributed by atoms with E-state index in [0.29, 0.717) is 19.4 Å². The number of amides is 1. The van der Waals surface area contributed by atoms with Gasteiger partial charge in [-0.1, -0.05) is 0 Å². The molecule has 0 bridgehead atoms. The Hall–Kier alpha value is -0.910. The number of carbonyl (C=O) groups excluding carboxylic acids is 1. The number of rotatable bonds is 5. The summed E-state index contributed by atoms with van der Waals surface area (Å²) >= 11 is 4.30. The molecule has 0 aliphatic rings. The molecule has 0 spiro atoms. The normalized spacial score (nSPS) is 12.8. The fraction of sp³-hybridized carbons (Fsp3) is 0.818. The summed E-state index contributed by atoms with van der Waals surface area (Å²) < 4.78 is 9.82. The minimum Gasteiger partial charge on any atom is -0.484 e. The molecule has 0 radical (unpaired) electrons. The Balaban J connectivity index is 3.70. The van der Waals surface area contributed by atoms with E-state index in [4.69, 9.17) is 14.9 Å². The molecule has 5 nitrogen and oxygen atoms in total. The van der Waals surface area contributed by atoms with E-state index < -0.39 is 11.7 Å². The predicted molar refractivity (Wildman–Crippen MR) is 71.0 cm³/mol. The molecule has 1 amide bonds. The molecule has 17 heavy (non-hydrogen) atoms. The Kier molecular flexibility index (Phi) is 7.03. The van der Waals surface area contributed by atoms with Crippen LogP contribution in [0.4, 0.5) is 4.79 Å². The molecule has 0 heterocycles. The van der Waals surface area contributed by atoms with Gasteiger partial charge in [0.25, 0.3) is 0 Å². The van der Waals surface area contributed by atoms with Crippen molar-refractivity contribution >= 4 is 24.6 Å². The van der Waals surface area contributed by atoms with E-state index in [1.807, 2.05) is 20.8 Å². The summed E-state index contributed by atoms with van der Waals surface area (Å²) in [6, 6.07) is 0. The first-order valence-electron chi connectivity index (χ1n) is 5.51. The predicted octanol–water partition coefficient (Wildman–Crippen LogP) is 2.21. The lowest BCUT2D eigenvalue weighted by Gasteiger charge is -2.20. The fourth-order valence-corrected chi connectivity index (χ4v) is 1.35. The van der Waals surface area contributed by atoms with Crippen LogP contribution in [-0.4, -0.2) is 36.5 Å². The van der Waals surface area contributed by atoms with Crippen molar-refractivity contribution in [3.8, 4) is 0 Å². The van der Waals surface area contributed by atoms with Gasteiger partial charge in [0.05, 0.1) is 7.11 Å². The second-order valence-corrected chi connectivity index (χ2v) is 5.43. The van der Waals surface area contributed by atoms with E-state index >= 15 is 0 Å². The Labute approximate surface area is 108 Å². The van der Waals surface area contributed by atoms with Gasteiger partial charge in [0, 0.05) is 18.2 Å². The lowest BCUT2D eigenvalue weighted by Crippen LogP contribution is -2.33. The molecule has 0 aromatic heterocycles. The van der Waals surface area contributed by atoms with Crippen LogP contribution in [0.15, 0.2) is 0 Å². The average molecular weight is 262 g/mol. The molecule has 2 N–H and O–H groups in total. The highest BCUT2D eigenvalue weighted by Crippen LogP contribution is 2.08. The van der Waals surface area contributed by atoms with Gasteiger partial charge in [0.15, 0.2) is 5.90 Å². The Morgan fingerprint density at radius 1 is 1.47 bits per heavy atom. The molecule has 0 rings (SSSR count). The van der Waals surface area contributed by atoms with Crippen LogP contribution in [0, 0.1) is 5.41 Å². The van der Waals surface area contributed by atoms with Crippen LogP contribution in [0.2, 0.25) is 0 Å². The standard InChI is InChI=1S/C11H22N2O3S/c1-11(2,3)16-10(14)13-6-5-8(17)7-9(12)15-4/h8,12,17H,5-7H2,1-4H3,(H,13,14). The summed E-state index contributed by atoms with van der Waals surface area (Å²) in [6.07, 6.45) is 0.684. The number of alkyl carbamates (subject to hydrolysis) is 1. The van der Waals surface area contributed by atoms with E-state index in [-0.39, 0.29) is 11.1 Å². The largest absolute Gasteiger partial charge is 0.484 e. The smallest absolute Gasteiger partial charge is 0.407 e. The summed E-state index contributed by atoms with van der Waals surface area (Å²) in [7, 11) is 1.46. The van der Waals surface area contributed by atoms with Crippen molar-refractivity contribution in [2.45, 2.75) is 44.5 Å². The highest BCUT2D eigenvalue weighted by Gasteiger charge is 2.16. The maximum atomic E-state index is 11.3. The highest BCUT2D eigenvalue weighted by atomic mass is 32.1. The van der Waals surface area contributed by atoms with Crippen LogP contribution < -0.4 is 5.32 Å². The molecule has 1 atom stereocenters. The number of carbonyl (C=O) groups is 1. The van der Waals surface area contributed by atoms with Crippen molar-refractivity contribution in [1.82, 2.24) is 5.32 Å². The number of ether oxygens (including phenoxy) is 2. The van der Waals surface area contributed by atoms with Crippen molar-refractivity contribution < 1.29 is 14.3 Å². The fourth-order valence-electron chi connectivity index (χ4n) is 1.05. The molecule has 1 unspecified atom stereocenters. The zero-order valence-corrected chi connectivity index (χ0v) is 11.8. The monoisotopic (exact) mass is 262 g/mol. The summed E-state index contributed by atoms with van der Waals surface area (Å²) in [6.45, 7) is 5.91. The van der Waals surface area contributed by atoms with Crippen LogP contribution in [0.25, 0.3) is 0 Å². The third-order valence-electron chi connectivity index (χ3n) is 1.81. The van der Waals surface area contributed by atoms with Gasteiger partial charge in [-0.2, -0.15) is 12.6 Å². The van der Waals surface area contributed by atoms with Crippen molar-refractivity contribution in [2.75, 3.05) is 13.7 Å². The van der Waals surface area contributed by atoms with Gasteiger partial charge < -0.3 is 14.8 Å². The van der Waals surface area contributed by atoms with E-state index in [1.54, 1.807) is 0 Å². The first kappa shape index (κ1) is 16.1. The minimum atomic E-state index is -0.484. The third kappa shape index (κ3) is 9.99. The second-order valence-electron chi connectivity index (χ2n) is 4.70. The van der Waals surface area contributed by atoms with Gasteiger partial charge in [0.1, 0.15) is 5.60 Å². The maximum Gasteiger partial charge on any atom is 0.407 e. The lowest BCUT2D eigenvalue weighted by molar-refractivity contribution is 0.0527. The van der Waals surface area contributed by atoms with Crippen molar-refractivity contribution in [3.05, 3.63) is 0 Å². The molecule has 6 heteroatoms. The minimum absolute atomic E-state index is 0.00242. The third-order valence-corrected chi connectivity index (χ3v) is 2.25. The number of hydrogen-bond donors (Lipinski definition) is 3. The van der Waals surface area contributed by atoms with Gasteiger partial charge >= 0.3 is 6.09 Å². The maximum absolute atomic E-state index is 11.3. The zero-order valence-electron chi connectivity index (χ0n) is 10.9. The van der Waals surface area contributed by atoms with Gasteiger partial charge in [-0.15, -0.1) is 0 Å². The van der Waals surface area contributed by atoms with Crippen LogP contribution in [0.1, 0.15) is 33.6 Å². The molecule has 0 aromatic carbocycles. The lowest BCUT2D eigenvalue weighted by atomic mass is 10.2. The van der Waals surface area contributed by atoms with Crippen LogP contribution >= 0.6 is 12.6 Å².